The zero-order valence-electron chi connectivity index (χ0n) is 15.6. The molecule has 2 aromatic rings. The summed E-state index contributed by atoms with van der Waals surface area (Å²) in [5.41, 5.74) is 2.23. The molecule has 0 atom stereocenters. The molecule has 1 N–H and O–H groups in total. The number of aryl methyl sites for hydroxylation is 1. The molecule has 1 fully saturated rings. The van der Waals surface area contributed by atoms with Crippen LogP contribution in [0.5, 0.6) is 0 Å². The lowest BCUT2D eigenvalue weighted by molar-refractivity contribution is 0.0526. The molecule has 8 heteroatoms. The van der Waals surface area contributed by atoms with Crippen molar-refractivity contribution < 1.29 is 14.3 Å². The zero-order valence-corrected chi connectivity index (χ0v) is 16.4. The normalized spacial score (nSPS) is 14.8. The van der Waals surface area contributed by atoms with Crippen molar-refractivity contribution in [2.75, 3.05) is 38.1 Å². The Morgan fingerprint density at radius 2 is 1.89 bits per heavy atom. The van der Waals surface area contributed by atoms with Gasteiger partial charge in [0.05, 0.1) is 22.9 Å². The molecule has 0 spiro atoms. The van der Waals surface area contributed by atoms with Crippen molar-refractivity contribution in [2.45, 2.75) is 20.4 Å². The molecular formula is C19H24N4O3S. The van der Waals surface area contributed by atoms with Gasteiger partial charge in [0.15, 0.2) is 0 Å². The lowest BCUT2D eigenvalue weighted by Crippen LogP contribution is -2.49. The van der Waals surface area contributed by atoms with Crippen molar-refractivity contribution in [2.24, 2.45) is 0 Å². The maximum absolute atomic E-state index is 12.5. The average molecular weight is 388 g/mol. The third kappa shape index (κ3) is 5.27. The number of amides is 2. The Hall–Kier alpha value is -2.45. The highest BCUT2D eigenvalue weighted by molar-refractivity contribution is 7.09. The highest BCUT2D eigenvalue weighted by atomic mass is 32.1. The van der Waals surface area contributed by atoms with Crippen LogP contribution in [0.3, 0.4) is 0 Å². The summed E-state index contributed by atoms with van der Waals surface area (Å²) in [7, 11) is 0. The SMILES string of the molecule is CCOC(=O)c1ccc(NC(=O)N2CCN(Cc3csc(C)n3)CC2)cc1. The second-order valence-corrected chi connectivity index (χ2v) is 7.41. The Balaban J connectivity index is 1.47. The van der Waals surface area contributed by atoms with Gasteiger partial charge in [-0.1, -0.05) is 0 Å². The van der Waals surface area contributed by atoms with Crippen molar-refractivity contribution in [1.29, 1.82) is 0 Å². The van der Waals surface area contributed by atoms with Gasteiger partial charge in [0.25, 0.3) is 0 Å². The van der Waals surface area contributed by atoms with Crippen LogP contribution in [0.1, 0.15) is 28.0 Å². The fourth-order valence-electron chi connectivity index (χ4n) is 2.93. The van der Waals surface area contributed by atoms with Crippen LogP contribution in [0.15, 0.2) is 29.6 Å². The van der Waals surface area contributed by atoms with E-state index in [1.807, 2.05) is 11.8 Å². The first-order chi connectivity index (χ1) is 13.0. The van der Waals surface area contributed by atoms with Gasteiger partial charge in [0.1, 0.15) is 0 Å². The molecule has 3 rings (SSSR count). The molecule has 1 aliphatic heterocycles. The van der Waals surface area contributed by atoms with Gasteiger partial charge in [-0.3, -0.25) is 4.90 Å². The van der Waals surface area contributed by atoms with Gasteiger partial charge < -0.3 is 15.0 Å². The van der Waals surface area contributed by atoms with E-state index in [-0.39, 0.29) is 12.0 Å². The van der Waals surface area contributed by atoms with E-state index in [1.165, 1.54) is 0 Å². The van der Waals surface area contributed by atoms with Crippen LogP contribution >= 0.6 is 11.3 Å². The van der Waals surface area contributed by atoms with Crippen LogP contribution in [0.2, 0.25) is 0 Å². The quantitative estimate of drug-likeness (QED) is 0.797. The van der Waals surface area contributed by atoms with Gasteiger partial charge >= 0.3 is 12.0 Å². The lowest BCUT2D eigenvalue weighted by atomic mass is 10.2. The van der Waals surface area contributed by atoms with E-state index in [0.29, 0.717) is 30.9 Å². The molecule has 1 aliphatic rings. The summed E-state index contributed by atoms with van der Waals surface area (Å²) in [4.78, 5) is 32.7. The van der Waals surface area contributed by atoms with Crippen LogP contribution in [-0.2, 0) is 11.3 Å². The maximum atomic E-state index is 12.5. The van der Waals surface area contributed by atoms with Crippen LogP contribution in [0, 0.1) is 6.92 Å². The molecule has 1 saturated heterocycles. The third-order valence-electron chi connectivity index (χ3n) is 4.36. The number of urea groups is 1. The Morgan fingerprint density at radius 1 is 1.19 bits per heavy atom. The van der Waals surface area contributed by atoms with E-state index in [2.05, 4.69) is 20.6 Å². The van der Waals surface area contributed by atoms with Crippen LogP contribution in [0.25, 0.3) is 0 Å². The van der Waals surface area contributed by atoms with Crippen molar-refractivity contribution in [3.8, 4) is 0 Å². The van der Waals surface area contributed by atoms with Crippen molar-refractivity contribution in [3.05, 3.63) is 45.9 Å². The van der Waals surface area contributed by atoms with Crippen LogP contribution in [-0.4, -0.2) is 59.6 Å². The number of thiazole rings is 1. The number of piperazine rings is 1. The predicted molar refractivity (Wildman–Crippen MR) is 105 cm³/mol. The lowest BCUT2D eigenvalue weighted by Gasteiger charge is -2.34. The van der Waals surface area contributed by atoms with E-state index < -0.39 is 0 Å². The summed E-state index contributed by atoms with van der Waals surface area (Å²) in [6, 6.07) is 6.61. The number of ether oxygens (including phenoxy) is 1. The zero-order chi connectivity index (χ0) is 19.2. The number of rotatable bonds is 5. The first kappa shape index (κ1) is 19.3. The first-order valence-corrected chi connectivity index (χ1v) is 9.89. The van der Waals surface area contributed by atoms with Gasteiger partial charge in [-0.05, 0) is 38.1 Å². The standard InChI is InChI=1S/C19H24N4O3S/c1-3-26-18(24)15-4-6-16(7-5-15)21-19(25)23-10-8-22(9-11-23)12-17-13-27-14(2)20-17/h4-7,13H,3,8-12H2,1-2H3,(H,21,25). The number of benzene rings is 1. The molecule has 1 aromatic carbocycles. The number of nitrogens with one attached hydrogen (secondary N) is 1. The number of anilines is 1. The minimum atomic E-state index is -0.359. The molecule has 7 nitrogen and oxygen atoms in total. The topological polar surface area (TPSA) is 74.8 Å². The highest BCUT2D eigenvalue weighted by Crippen LogP contribution is 2.14. The number of aromatic nitrogens is 1. The molecule has 144 valence electrons. The van der Waals surface area contributed by atoms with E-state index in [0.717, 1.165) is 30.3 Å². The number of nitrogens with zero attached hydrogens (tertiary/aromatic N) is 3. The molecule has 27 heavy (non-hydrogen) atoms. The molecule has 0 bridgehead atoms. The van der Waals surface area contributed by atoms with Crippen molar-refractivity contribution >= 4 is 29.0 Å². The molecular weight excluding hydrogens is 364 g/mol. The molecule has 2 heterocycles. The van der Waals surface area contributed by atoms with Crippen LogP contribution < -0.4 is 5.32 Å². The second kappa shape index (κ2) is 8.96. The summed E-state index contributed by atoms with van der Waals surface area (Å²) in [5.74, 6) is -0.359. The fraction of sp³-hybridized carbons (Fsp3) is 0.421. The number of esters is 1. The number of carbonyl (C=O) groups excluding carboxylic acids is 2. The largest absolute Gasteiger partial charge is 0.462 e. The van der Waals surface area contributed by atoms with E-state index in [1.54, 1.807) is 42.5 Å². The van der Waals surface area contributed by atoms with Crippen molar-refractivity contribution in [3.63, 3.8) is 0 Å². The van der Waals surface area contributed by atoms with E-state index >= 15 is 0 Å². The van der Waals surface area contributed by atoms with Gasteiger partial charge in [-0.15, -0.1) is 11.3 Å². The van der Waals surface area contributed by atoms with E-state index in [4.69, 9.17) is 4.74 Å². The molecule has 0 unspecified atom stereocenters. The van der Waals surface area contributed by atoms with Gasteiger partial charge in [-0.2, -0.15) is 0 Å². The van der Waals surface area contributed by atoms with Crippen LogP contribution in [0.4, 0.5) is 10.5 Å². The Kier molecular flexibility index (Phi) is 6.41. The average Bonchev–Trinajstić information content (AvgIpc) is 3.08. The summed E-state index contributed by atoms with van der Waals surface area (Å²) < 4.78 is 4.96. The first-order valence-electron chi connectivity index (χ1n) is 9.01. The fourth-order valence-corrected chi connectivity index (χ4v) is 3.53. The molecule has 0 radical (unpaired) electrons. The minimum Gasteiger partial charge on any atom is -0.462 e. The summed E-state index contributed by atoms with van der Waals surface area (Å²) in [6.45, 7) is 7.95. The summed E-state index contributed by atoms with van der Waals surface area (Å²) in [5, 5.41) is 6.06. The maximum Gasteiger partial charge on any atom is 0.338 e. The smallest absolute Gasteiger partial charge is 0.338 e. The molecule has 1 aromatic heterocycles. The highest BCUT2D eigenvalue weighted by Gasteiger charge is 2.21. The third-order valence-corrected chi connectivity index (χ3v) is 5.18. The molecule has 2 amide bonds. The number of hydrogen-bond acceptors (Lipinski definition) is 6. The minimum absolute atomic E-state index is 0.122. The van der Waals surface area contributed by atoms with E-state index in [9.17, 15) is 9.59 Å². The monoisotopic (exact) mass is 388 g/mol. The number of hydrogen-bond donors (Lipinski definition) is 1. The number of carbonyl (C=O) groups is 2. The predicted octanol–water partition coefficient (Wildman–Crippen LogP) is 2.98. The van der Waals surface area contributed by atoms with Gasteiger partial charge in [0, 0.05) is 43.8 Å². The Bertz CT molecular complexity index is 783. The summed E-state index contributed by atoms with van der Waals surface area (Å²) in [6.07, 6.45) is 0. The van der Waals surface area contributed by atoms with Crippen molar-refractivity contribution in [1.82, 2.24) is 14.8 Å². The Morgan fingerprint density at radius 3 is 2.48 bits per heavy atom. The van der Waals surface area contributed by atoms with Gasteiger partial charge in [-0.25, -0.2) is 14.6 Å². The molecule has 0 aliphatic carbocycles. The Labute approximate surface area is 162 Å². The molecule has 0 saturated carbocycles. The second-order valence-electron chi connectivity index (χ2n) is 6.35. The summed E-state index contributed by atoms with van der Waals surface area (Å²) >= 11 is 1.66. The van der Waals surface area contributed by atoms with Gasteiger partial charge in [0.2, 0.25) is 0 Å².